The number of carbonyl (C=O) groups is 2. The van der Waals surface area contributed by atoms with Gasteiger partial charge in [0.2, 0.25) is 0 Å². The van der Waals surface area contributed by atoms with Crippen molar-refractivity contribution in [2.75, 3.05) is 7.11 Å². The predicted molar refractivity (Wildman–Crippen MR) is 125 cm³/mol. The molecule has 0 saturated carbocycles. The fourth-order valence-corrected chi connectivity index (χ4v) is 4.10. The molecule has 1 atom stereocenters. The topological polar surface area (TPSA) is 76.0 Å². The molecule has 34 heavy (non-hydrogen) atoms. The first kappa shape index (κ1) is 23.3. The first-order valence-corrected chi connectivity index (χ1v) is 10.6. The molecule has 4 rings (SSSR count). The van der Waals surface area contributed by atoms with Gasteiger partial charge in [-0.3, -0.25) is 9.79 Å². The maximum Gasteiger partial charge on any atom is 0.338 e. The van der Waals surface area contributed by atoms with Crippen LogP contribution in [-0.4, -0.2) is 35.7 Å². The highest BCUT2D eigenvalue weighted by Gasteiger charge is 2.39. The van der Waals surface area contributed by atoms with E-state index in [9.17, 15) is 23.5 Å². The van der Waals surface area contributed by atoms with E-state index in [4.69, 9.17) is 16.3 Å². The molecule has 0 aliphatic carbocycles. The predicted octanol–water partition coefficient (Wildman–Crippen LogP) is 5.80. The summed E-state index contributed by atoms with van der Waals surface area (Å²) in [5, 5.41) is 9.41. The van der Waals surface area contributed by atoms with Crippen molar-refractivity contribution in [3.63, 3.8) is 0 Å². The Morgan fingerprint density at radius 1 is 1.09 bits per heavy atom. The van der Waals surface area contributed by atoms with Crippen LogP contribution in [0.25, 0.3) is 11.1 Å². The first-order chi connectivity index (χ1) is 16.3. The number of halogens is 3. The summed E-state index contributed by atoms with van der Waals surface area (Å²) in [7, 11) is 1.45. The molecule has 3 aromatic carbocycles. The van der Waals surface area contributed by atoms with Crippen molar-refractivity contribution in [1.29, 1.82) is 0 Å². The summed E-state index contributed by atoms with van der Waals surface area (Å²) >= 11 is 5.83. The van der Waals surface area contributed by atoms with Gasteiger partial charge in [-0.15, -0.1) is 0 Å². The summed E-state index contributed by atoms with van der Waals surface area (Å²) in [6.07, 6.45) is 4.62. The molecule has 172 valence electrons. The van der Waals surface area contributed by atoms with E-state index in [0.717, 1.165) is 6.07 Å². The van der Waals surface area contributed by atoms with Crippen LogP contribution in [-0.2, 0) is 6.42 Å². The molecule has 0 amide bonds. The number of carbonyl (C=O) groups excluding carboxylic acids is 1. The van der Waals surface area contributed by atoms with Gasteiger partial charge in [0.25, 0.3) is 0 Å². The molecule has 3 aromatic rings. The maximum absolute atomic E-state index is 14.9. The van der Waals surface area contributed by atoms with Crippen molar-refractivity contribution in [2.24, 2.45) is 4.99 Å². The Morgan fingerprint density at radius 2 is 1.88 bits per heavy atom. The van der Waals surface area contributed by atoms with Crippen LogP contribution in [0.15, 0.2) is 71.7 Å². The second-order valence-corrected chi connectivity index (χ2v) is 8.13. The van der Waals surface area contributed by atoms with Gasteiger partial charge in [-0.2, -0.15) is 0 Å². The van der Waals surface area contributed by atoms with Crippen LogP contribution in [0.2, 0.25) is 5.02 Å². The van der Waals surface area contributed by atoms with Crippen LogP contribution in [0.3, 0.4) is 0 Å². The second kappa shape index (κ2) is 9.19. The number of carboxylic acid groups (broad SMARTS) is 1. The van der Waals surface area contributed by atoms with E-state index in [-0.39, 0.29) is 22.6 Å². The van der Waals surface area contributed by atoms with Gasteiger partial charge in [-0.05, 0) is 59.7 Å². The van der Waals surface area contributed by atoms with Gasteiger partial charge in [-0.25, -0.2) is 13.6 Å². The van der Waals surface area contributed by atoms with E-state index < -0.39 is 34.5 Å². The summed E-state index contributed by atoms with van der Waals surface area (Å²) < 4.78 is 34.9. The number of Topliss-reactive ketones (excluding diaryl/α,β-unsaturated/α-hetero) is 1. The number of carboxylic acids is 1. The zero-order valence-electron chi connectivity index (χ0n) is 17.9. The highest BCUT2D eigenvalue weighted by molar-refractivity contribution is 6.30. The number of benzene rings is 3. The molecule has 0 radical (unpaired) electrons. The lowest BCUT2D eigenvalue weighted by molar-refractivity contribution is 0.0691. The number of hydrogen-bond donors (Lipinski definition) is 1. The van der Waals surface area contributed by atoms with Crippen LogP contribution < -0.4 is 4.74 Å². The summed E-state index contributed by atoms with van der Waals surface area (Å²) in [4.78, 5) is 29.1. The molecule has 0 saturated heterocycles. The zero-order valence-corrected chi connectivity index (χ0v) is 18.6. The normalized spacial score (nSPS) is 16.6. The molecule has 1 aliphatic heterocycles. The van der Waals surface area contributed by atoms with Crippen LogP contribution >= 0.6 is 11.6 Å². The van der Waals surface area contributed by atoms with Gasteiger partial charge in [-0.1, -0.05) is 29.8 Å². The SMILES string of the molecule is COc1ccc(-c2cccc(C(=O)O)c2F)cc1CC1(C(=O)c2ccc(Cl)cc2F)C=CC=N1. The lowest BCUT2D eigenvalue weighted by Gasteiger charge is -2.25. The number of ketones is 1. The fraction of sp³-hybridized carbons (Fsp3) is 0.115. The number of ether oxygens (including phenoxy) is 1. The van der Waals surface area contributed by atoms with Crippen LogP contribution in [0.1, 0.15) is 26.3 Å². The third-order valence-corrected chi connectivity index (χ3v) is 5.85. The minimum Gasteiger partial charge on any atom is -0.496 e. The minimum atomic E-state index is -1.44. The van der Waals surface area contributed by atoms with E-state index in [2.05, 4.69) is 4.99 Å². The number of methoxy groups -OCH3 is 1. The largest absolute Gasteiger partial charge is 0.496 e. The summed E-state index contributed by atoms with van der Waals surface area (Å²) in [5.74, 6) is -3.18. The van der Waals surface area contributed by atoms with Crippen molar-refractivity contribution in [1.82, 2.24) is 0 Å². The molecule has 1 heterocycles. The van der Waals surface area contributed by atoms with E-state index in [0.29, 0.717) is 16.9 Å². The Balaban J connectivity index is 1.79. The lowest BCUT2D eigenvalue weighted by atomic mass is 9.83. The molecule has 1 aliphatic rings. The molecular formula is C26H18ClF2NO4. The average molecular weight is 482 g/mol. The van der Waals surface area contributed by atoms with Crippen molar-refractivity contribution in [2.45, 2.75) is 12.0 Å². The molecular weight excluding hydrogens is 464 g/mol. The molecule has 0 spiro atoms. The van der Waals surface area contributed by atoms with Gasteiger partial charge in [0.1, 0.15) is 22.9 Å². The van der Waals surface area contributed by atoms with Gasteiger partial charge >= 0.3 is 5.97 Å². The fourth-order valence-electron chi connectivity index (χ4n) is 3.94. The van der Waals surface area contributed by atoms with E-state index in [1.54, 1.807) is 30.4 Å². The quantitative estimate of drug-likeness (QED) is 0.433. The lowest BCUT2D eigenvalue weighted by Crippen LogP contribution is -2.36. The van der Waals surface area contributed by atoms with E-state index in [1.165, 1.54) is 43.7 Å². The molecule has 5 nitrogen and oxygen atoms in total. The average Bonchev–Trinajstić information content (AvgIpc) is 3.28. The van der Waals surface area contributed by atoms with Crippen LogP contribution in [0, 0.1) is 11.6 Å². The number of aliphatic imine (C=N–C) groups is 1. The highest BCUT2D eigenvalue weighted by Crippen LogP contribution is 2.35. The highest BCUT2D eigenvalue weighted by atomic mass is 35.5. The number of rotatable bonds is 7. The third kappa shape index (κ3) is 4.22. The summed E-state index contributed by atoms with van der Waals surface area (Å²) in [6.45, 7) is 0. The van der Waals surface area contributed by atoms with Gasteiger partial charge in [0, 0.05) is 23.2 Å². The van der Waals surface area contributed by atoms with Crippen molar-refractivity contribution < 1.29 is 28.2 Å². The Labute approximate surface area is 199 Å². The summed E-state index contributed by atoms with van der Waals surface area (Å²) in [6, 6.07) is 12.7. The van der Waals surface area contributed by atoms with Gasteiger partial charge < -0.3 is 9.84 Å². The smallest absolute Gasteiger partial charge is 0.338 e. The second-order valence-electron chi connectivity index (χ2n) is 7.69. The number of allylic oxidation sites excluding steroid dienone is 1. The van der Waals surface area contributed by atoms with E-state index in [1.807, 2.05) is 0 Å². The molecule has 0 fully saturated rings. The van der Waals surface area contributed by atoms with E-state index >= 15 is 0 Å². The molecule has 1 N–H and O–H groups in total. The van der Waals surface area contributed by atoms with Crippen LogP contribution in [0.5, 0.6) is 5.75 Å². The molecule has 0 bridgehead atoms. The number of hydrogen-bond acceptors (Lipinski definition) is 4. The maximum atomic E-state index is 14.9. The minimum absolute atomic E-state index is 0.00183. The van der Waals surface area contributed by atoms with Crippen molar-refractivity contribution in [3.05, 3.63) is 100 Å². The van der Waals surface area contributed by atoms with Gasteiger partial charge in [0.05, 0.1) is 18.2 Å². The Bertz CT molecular complexity index is 1350. The molecule has 0 aromatic heterocycles. The molecule has 1 unspecified atom stereocenters. The van der Waals surface area contributed by atoms with Crippen molar-refractivity contribution in [3.8, 4) is 16.9 Å². The number of aromatic carboxylic acids is 1. The van der Waals surface area contributed by atoms with Crippen LogP contribution in [0.4, 0.5) is 8.78 Å². The Hall–Kier alpha value is -3.84. The number of nitrogens with zero attached hydrogens (tertiary/aromatic N) is 1. The monoisotopic (exact) mass is 481 g/mol. The molecule has 8 heteroatoms. The Kier molecular flexibility index (Phi) is 6.30. The first-order valence-electron chi connectivity index (χ1n) is 10.2. The van der Waals surface area contributed by atoms with Crippen molar-refractivity contribution >= 4 is 29.6 Å². The third-order valence-electron chi connectivity index (χ3n) is 5.61. The summed E-state index contributed by atoms with van der Waals surface area (Å²) in [5.41, 5.74) is -1.08. The Morgan fingerprint density at radius 3 is 2.53 bits per heavy atom. The standard InChI is InChI=1S/C26H18ClF2NO4/c1-34-22-9-6-15(18-4-2-5-20(23(18)29)25(32)33)12-16(22)14-26(10-3-11-30-26)24(31)19-8-7-17(27)13-21(19)28/h2-13H,14H2,1H3,(H,32,33). The zero-order chi connectivity index (χ0) is 24.5. The van der Waals surface area contributed by atoms with Gasteiger partial charge in [0.15, 0.2) is 5.78 Å².